The molecule has 0 bridgehead atoms. The lowest BCUT2D eigenvalue weighted by atomic mass is 10.0. The van der Waals surface area contributed by atoms with Gasteiger partial charge in [-0.25, -0.2) is 4.98 Å². The number of fused-ring (bicyclic) bond motifs is 1. The Balaban J connectivity index is 1.33. The van der Waals surface area contributed by atoms with Gasteiger partial charge >= 0.3 is 0 Å². The zero-order valence-corrected chi connectivity index (χ0v) is 17.2. The van der Waals surface area contributed by atoms with Crippen molar-refractivity contribution < 1.29 is 9.59 Å². The molecule has 1 atom stereocenters. The first-order chi connectivity index (χ1) is 14.2. The number of aromatic nitrogens is 1. The minimum Gasteiger partial charge on any atom is -0.352 e. The molecule has 1 aromatic heterocycles. The second-order valence-electron chi connectivity index (χ2n) is 7.34. The summed E-state index contributed by atoms with van der Waals surface area (Å²) in [6.07, 6.45) is 4.21. The highest BCUT2D eigenvalue weighted by Crippen LogP contribution is 2.35. The number of carbonyl (C=O) groups excluding carboxylic acids is 2. The third-order valence-corrected chi connectivity index (χ3v) is 6.45. The Morgan fingerprint density at radius 2 is 1.86 bits per heavy atom. The van der Waals surface area contributed by atoms with Crippen LogP contribution in [0.3, 0.4) is 0 Å². The Morgan fingerprint density at radius 3 is 2.69 bits per heavy atom. The van der Waals surface area contributed by atoms with Crippen molar-refractivity contribution in [2.45, 2.75) is 38.1 Å². The van der Waals surface area contributed by atoms with Crippen molar-refractivity contribution in [1.29, 1.82) is 0 Å². The fraction of sp³-hybridized carbons (Fsp3) is 0.348. The van der Waals surface area contributed by atoms with E-state index < -0.39 is 0 Å². The Morgan fingerprint density at radius 1 is 1.07 bits per heavy atom. The van der Waals surface area contributed by atoms with E-state index in [9.17, 15) is 9.59 Å². The molecule has 6 heteroatoms. The molecule has 150 valence electrons. The Kier molecular flexibility index (Phi) is 6.20. The third kappa shape index (κ3) is 4.65. The maximum absolute atomic E-state index is 12.9. The molecular weight excluding hydrogens is 382 g/mol. The van der Waals surface area contributed by atoms with Crippen LogP contribution >= 0.6 is 11.3 Å². The van der Waals surface area contributed by atoms with Gasteiger partial charge in [0, 0.05) is 25.1 Å². The highest BCUT2D eigenvalue weighted by Gasteiger charge is 2.29. The molecule has 1 unspecified atom stereocenters. The minimum atomic E-state index is -0.0941. The molecule has 29 heavy (non-hydrogen) atoms. The molecule has 5 nitrogen and oxygen atoms in total. The first-order valence-corrected chi connectivity index (χ1v) is 11.0. The maximum Gasteiger partial charge on any atom is 0.251 e. The number of rotatable bonds is 6. The van der Waals surface area contributed by atoms with Gasteiger partial charge in [-0.1, -0.05) is 30.3 Å². The molecule has 1 saturated heterocycles. The van der Waals surface area contributed by atoms with E-state index in [1.807, 2.05) is 41.3 Å². The lowest BCUT2D eigenvalue weighted by molar-refractivity contribution is -0.135. The van der Waals surface area contributed by atoms with Crippen LogP contribution in [-0.4, -0.2) is 34.8 Å². The zero-order chi connectivity index (χ0) is 20.1. The van der Waals surface area contributed by atoms with Crippen LogP contribution in [0, 0.1) is 0 Å². The van der Waals surface area contributed by atoms with E-state index in [0.717, 1.165) is 36.3 Å². The molecule has 2 amide bonds. The molecule has 1 aliphatic heterocycles. The van der Waals surface area contributed by atoms with Crippen LogP contribution in [0.25, 0.3) is 10.2 Å². The number of hydrogen-bond acceptors (Lipinski definition) is 4. The van der Waals surface area contributed by atoms with Gasteiger partial charge < -0.3 is 10.2 Å². The molecule has 0 radical (unpaired) electrons. The number of nitrogens with one attached hydrogen (secondary N) is 1. The molecular formula is C23H25N3O2S. The number of carbonyl (C=O) groups is 2. The summed E-state index contributed by atoms with van der Waals surface area (Å²) in [5.74, 6) is 0.0614. The summed E-state index contributed by atoms with van der Waals surface area (Å²) in [6.45, 7) is 1.29. The highest BCUT2D eigenvalue weighted by atomic mass is 32.1. The van der Waals surface area contributed by atoms with Crippen molar-refractivity contribution in [3.63, 3.8) is 0 Å². The predicted octanol–water partition coefficient (Wildman–Crippen LogP) is 4.56. The molecule has 4 rings (SSSR count). The largest absolute Gasteiger partial charge is 0.352 e. The number of benzene rings is 2. The quantitative estimate of drug-likeness (QED) is 0.609. The average molecular weight is 408 g/mol. The number of hydrogen-bond donors (Lipinski definition) is 1. The third-order valence-electron chi connectivity index (χ3n) is 5.31. The summed E-state index contributed by atoms with van der Waals surface area (Å²) < 4.78 is 1.17. The predicted molar refractivity (Wildman–Crippen MR) is 116 cm³/mol. The SMILES string of the molecule is O=C(NCCCC(=O)N1CCCCC1c1nc2ccccc2s1)c1ccccc1. The van der Waals surface area contributed by atoms with Crippen LogP contribution in [0.5, 0.6) is 0 Å². The van der Waals surface area contributed by atoms with Gasteiger partial charge in [0.15, 0.2) is 0 Å². The Hall–Kier alpha value is -2.73. The van der Waals surface area contributed by atoms with Crippen molar-refractivity contribution in [2.75, 3.05) is 13.1 Å². The molecule has 2 heterocycles. The smallest absolute Gasteiger partial charge is 0.251 e. The highest BCUT2D eigenvalue weighted by molar-refractivity contribution is 7.18. The van der Waals surface area contributed by atoms with Gasteiger partial charge in [0.2, 0.25) is 5.91 Å². The van der Waals surface area contributed by atoms with Crippen LogP contribution in [0.4, 0.5) is 0 Å². The Labute approximate surface area is 174 Å². The second kappa shape index (κ2) is 9.18. The number of para-hydroxylation sites is 1. The number of likely N-dealkylation sites (tertiary alicyclic amines) is 1. The van der Waals surface area contributed by atoms with Gasteiger partial charge in [-0.15, -0.1) is 11.3 Å². The molecule has 1 aliphatic rings. The minimum absolute atomic E-state index is 0.0764. The summed E-state index contributed by atoms with van der Waals surface area (Å²) >= 11 is 1.69. The summed E-state index contributed by atoms with van der Waals surface area (Å²) in [4.78, 5) is 31.8. The van der Waals surface area contributed by atoms with Crippen LogP contribution in [0.2, 0.25) is 0 Å². The van der Waals surface area contributed by atoms with Gasteiger partial charge in [0.05, 0.1) is 16.3 Å². The summed E-state index contributed by atoms with van der Waals surface area (Å²) in [6, 6.07) is 17.4. The molecule has 2 aromatic carbocycles. The molecule has 0 saturated carbocycles. The molecule has 1 fully saturated rings. The maximum atomic E-state index is 12.9. The van der Waals surface area contributed by atoms with E-state index in [1.165, 1.54) is 4.70 Å². The molecule has 0 aliphatic carbocycles. The summed E-state index contributed by atoms with van der Waals surface area (Å²) in [7, 11) is 0. The fourth-order valence-corrected chi connectivity index (χ4v) is 4.91. The first-order valence-electron chi connectivity index (χ1n) is 10.2. The van der Waals surface area contributed by atoms with Crippen LogP contribution < -0.4 is 5.32 Å². The van der Waals surface area contributed by atoms with Gasteiger partial charge in [-0.05, 0) is 49.9 Å². The number of thiazole rings is 1. The Bertz CT molecular complexity index is 953. The first kappa shape index (κ1) is 19.6. The van der Waals surface area contributed by atoms with Crippen molar-refractivity contribution in [3.05, 3.63) is 65.2 Å². The standard InChI is InChI=1S/C23H25N3O2S/c27-21(14-8-15-24-22(28)17-9-2-1-3-10-17)26-16-7-6-12-19(26)23-25-18-11-4-5-13-20(18)29-23/h1-5,9-11,13,19H,6-8,12,14-16H2,(H,24,28). The van der Waals surface area contributed by atoms with E-state index in [1.54, 1.807) is 23.5 Å². The lowest BCUT2D eigenvalue weighted by Gasteiger charge is -2.34. The van der Waals surface area contributed by atoms with Gasteiger partial charge in [0.1, 0.15) is 5.01 Å². The van der Waals surface area contributed by atoms with Crippen LogP contribution in [-0.2, 0) is 4.79 Å². The molecule has 3 aromatic rings. The van der Waals surface area contributed by atoms with E-state index in [-0.39, 0.29) is 17.9 Å². The van der Waals surface area contributed by atoms with E-state index >= 15 is 0 Å². The van der Waals surface area contributed by atoms with Crippen LogP contribution in [0.15, 0.2) is 54.6 Å². The normalized spacial score (nSPS) is 16.7. The summed E-state index contributed by atoms with van der Waals surface area (Å²) in [5.41, 5.74) is 1.65. The average Bonchev–Trinajstić information content (AvgIpc) is 3.21. The lowest BCUT2D eigenvalue weighted by Crippen LogP contribution is -2.38. The van der Waals surface area contributed by atoms with Crippen LogP contribution in [0.1, 0.15) is 53.5 Å². The van der Waals surface area contributed by atoms with E-state index in [2.05, 4.69) is 11.4 Å². The van der Waals surface area contributed by atoms with Gasteiger partial charge in [-0.2, -0.15) is 0 Å². The van der Waals surface area contributed by atoms with Gasteiger partial charge in [-0.3, -0.25) is 9.59 Å². The van der Waals surface area contributed by atoms with Crippen molar-refractivity contribution >= 4 is 33.4 Å². The molecule has 0 spiro atoms. The number of piperidine rings is 1. The van der Waals surface area contributed by atoms with E-state index in [4.69, 9.17) is 4.98 Å². The molecule has 1 N–H and O–H groups in total. The second-order valence-corrected chi connectivity index (χ2v) is 8.41. The topological polar surface area (TPSA) is 62.3 Å². The monoisotopic (exact) mass is 407 g/mol. The van der Waals surface area contributed by atoms with Crippen molar-refractivity contribution in [1.82, 2.24) is 15.2 Å². The van der Waals surface area contributed by atoms with E-state index in [0.29, 0.717) is 24.9 Å². The summed E-state index contributed by atoms with van der Waals surface area (Å²) in [5, 5.41) is 3.94. The van der Waals surface area contributed by atoms with Crippen molar-refractivity contribution in [2.24, 2.45) is 0 Å². The number of nitrogens with zero attached hydrogens (tertiary/aromatic N) is 2. The number of amides is 2. The van der Waals surface area contributed by atoms with Crippen molar-refractivity contribution in [3.8, 4) is 0 Å². The fourth-order valence-electron chi connectivity index (χ4n) is 3.80. The zero-order valence-electron chi connectivity index (χ0n) is 16.3. The van der Waals surface area contributed by atoms with Gasteiger partial charge in [0.25, 0.3) is 5.91 Å².